The van der Waals surface area contributed by atoms with Crippen LogP contribution >= 0.6 is 0 Å². The van der Waals surface area contributed by atoms with E-state index in [1.165, 1.54) is 55.0 Å². The number of benzene rings is 6. The summed E-state index contributed by atoms with van der Waals surface area (Å²) >= 11 is 0. The Morgan fingerprint density at radius 3 is 2.01 bits per heavy atom. The van der Waals surface area contributed by atoms with E-state index in [4.69, 9.17) is 14.4 Å². The number of furan rings is 1. The molecule has 0 atom stereocenters. The predicted octanol–water partition coefficient (Wildman–Crippen LogP) is 16.6. The van der Waals surface area contributed by atoms with Crippen LogP contribution in [0.3, 0.4) is 0 Å². The second-order valence-corrected chi connectivity index (χ2v) is 25.9. The standard InChI is InChI=1S/C44H40N3O.C18H24NSi.Ir/c1-25(2)33-20-21-35(42-40(33)34-19-16-28(7)45-44(34)48-42)43-46-38-14-10-11-15-39(38)47(43)41-36(26(3)4)23-32(24-37(41)27(5)6)31-18-17-29-12-8-9-13-30(29)22-31;1-14(2)11-16-12-17(15-9-7-6-8-10-15)19-13-18(16)20(3,4)5;/h8-20,22-27H,1-7H3;6-9,12-14H,11H2,1-5H3;/q2*-1;. The average molecular weight is 1100 g/mol. The normalized spacial score (nSPS) is 11.9. The fourth-order valence-electron chi connectivity index (χ4n) is 9.70. The Morgan fingerprint density at radius 2 is 1.35 bits per heavy atom. The maximum atomic E-state index is 6.67. The number of fused-ring (bicyclic) bond motifs is 5. The van der Waals surface area contributed by atoms with Crippen LogP contribution in [0.15, 0.2) is 138 Å². The molecule has 6 aromatic carbocycles. The number of hydrogen-bond acceptors (Lipinski definition) is 4. The van der Waals surface area contributed by atoms with Gasteiger partial charge in [0.15, 0.2) is 0 Å². The Kier molecular flexibility index (Phi) is 14.4. The van der Waals surface area contributed by atoms with Crippen LogP contribution in [0.1, 0.15) is 101 Å². The summed E-state index contributed by atoms with van der Waals surface area (Å²) in [4.78, 5) is 14.8. The van der Waals surface area contributed by atoms with E-state index in [2.05, 4.69) is 212 Å². The molecular formula is C62H64IrN4OSi-2. The van der Waals surface area contributed by atoms with Crippen molar-refractivity contribution in [3.63, 3.8) is 0 Å². The molecule has 4 heterocycles. The van der Waals surface area contributed by atoms with E-state index in [1.807, 2.05) is 25.1 Å². The molecule has 0 spiro atoms. The number of pyridine rings is 2. The van der Waals surface area contributed by atoms with E-state index < -0.39 is 8.07 Å². The molecule has 0 aliphatic carbocycles. The van der Waals surface area contributed by atoms with E-state index in [0.717, 1.165) is 62.1 Å². The fourth-order valence-corrected chi connectivity index (χ4v) is 11.3. The van der Waals surface area contributed by atoms with Gasteiger partial charge in [-0.1, -0.05) is 152 Å². The van der Waals surface area contributed by atoms with Gasteiger partial charge in [0.05, 0.1) is 30.5 Å². The molecule has 7 heteroatoms. The van der Waals surface area contributed by atoms with Crippen molar-refractivity contribution in [2.45, 2.75) is 106 Å². The van der Waals surface area contributed by atoms with Crippen molar-refractivity contribution in [3.8, 4) is 39.5 Å². The van der Waals surface area contributed by atoms with E-state index in [1.54, 1.807) is 0 Å². The number of hydrogen-bond donors (Lipinski definition) is 0. The van der Waals surface area contributed by atoms with Crippen molar-refractivity contribution < 1.29 is 24.5 Å². The van der Waals surface area contributed by atoms with Crippen LogP contribution in [0.25, 0.3) is 83.3 Å². The molecule has 0 unspecified atom stereocenters. The molecule has 69 heavy (non-hydrogen) atoms. The first-order chi connectivity index (χ1) is 32.6. The van der Waals surface area contributed by atoms with Crippen LogP contribution in [0.5, 0.6) is 0 Å². The van der Waals surface area contributed by atoms with Crippen molar-refractivity contribution in [2.75, 3.05) is 0 Å². The molecular weight excluding hydrogens is 1040 g/mol. The molecule has 10 rings (SSSR count). The van der Waals surface area contributed by atoms with Crippen molar-refractivity contribution >= 4 is 57.1 Å². The minimum atomic E-state index is -1.34. The third-order valence-corrected chi connectivity index (χ3v) is 15.2. The summed E-state index contributed by atoms with van der Waals surface area (Å²) in [5.41, 5.74) is 16.2. The van der Waals surface area contributed by atoms with Gasteiger partial charge < -0.3 is 14.0 Å². The average Bonchev–Trinajstić information content (AvgIpc) is 3.89. The molecule has 0 saturated heterocycles. The van der Waals surface area contributed by atoms with Gasteiger partial charge in [0.2, 0.25) is 5.71 Å². The van der Waals surface area contributed by atoms with Gasteiger partial charge in [0.25, 0.3) is 0 Å². The molecule has 5 nitrogen and oxygen atoms in total. The first-order valence-electron chi connectivity index (χ1n) is 24.4. The zero-order chi connectivity index (χ0) is 48.0. The van der Waals surface area contributed by atoms with Gasteiger partial charge in [0, 0.05) is 43.1 Å². The molecule has 0 N–H and O–H groups in total. The summed E-state index contributed by atoms with van der Waals surface area (Å²) in [6.07, 6.45) is 3.24. The molecule has 0 fully saturated rings. The zero-order valence-corrected chi connectivity index (χ0v) is 45.6. The third kappa shape index (κ3) is 9.93. The van der Waals surface area contributed by atoms with Crippen LogP contribution in [0.2, 0.25) is 19.6 Å². The quantitative estimate of drug-likeness (QED) is 0.101. The summed E-state index contributed by atoms with van der Waals surface area (Å²) in [7, 11) is -1.34. The molecule has 10 aromatic rings. The number of nitrogens with zero attached hydrogens (tertiary/aromatic N) is 4. The van der Waals surface area contributed by atoms with E-state index in [0.29, 0.717) is 17.5 Å². The first kappa shape index (κ1) is 49.4. The molecule has 0 saturated carbocycles. The van der Waals surface area contributed by atoms with Crippen molar-refractivity contribution in [1.82, 2.24) is 19.5 Å². The van der Waals surface area contributed by atoms with Crippen molar-refractivity contribution in [2.24, 2.45) is 5.92 Å². The van der Waals surface area contributed by atoms with Gasteiger partial charge in [-0.2, -0.15) is 0 Å². The number of aromatic nitrogens is 4. The minimum absolute atomic E-state index is 0. The summed E-state index contributed by atoms with van der Waals surface area (Å²) in [5.74, 6) is 2.31. The predicted molar refractivity (Wildman–Crippen MR) is 290 cm³/mol. The molecule has 1 radical (unpaired) electrons. The van der Waals surface area contributed by atoms with Gasteiger partial charge in [-0.05, 0) is 117 Å². The van der Waals surface area contributed by atoms with E-state index >= 15 is 0 Å². The molecule has 0 aliphatic heterocycles. The second-order valence-electron chi connectivity index (χ2n) is 20.9. The topological polar surface area (TPSA) is 56.7 Å². The molecule has 4 aromatic heterocycles. The first-order valence-corrected chi connectivity index (χ1v) is 27.9. The molecule has 0 bridgehead atoms. The number of aryl methyl sites for hydroxylation is 1. The Hall–Kier alpha value is -5.98. The third-order valence-electron chi connectivity index (χ3n) is 13.1. The SMILES string of the molecule is CC(C)Cc1cc(-c2[c-]cccc2)ncc1[Si](C)(C)C.Cc1ccc2c(n1)oc1c(-c3nc4ccccc4n3-c3c(C(C)C)cc(-c4ccc5ccccc5c4)cc3C(C)C)[c-]cc(C(C)C)c12.[Ir]. The molecule has 0 aliphatic rings. The summed E-state index contributed by atoms with van der Waals surface area (Å²) in [5, 5.41) is 6.12. The smallest absolute Gasteiger partial charge is 0.216 e. The Morgan fingerprint density at radius 1 is 0.667 bits per heavy atom. The Bertz CT molecular complexity index is 3420. The molecule has 0 amide bonds. The van der Waals surface area contributed by atoms with Gasteiger partial charge in [0.1, 0.15) is 0 Å². The van der Waals surface area contributed by atoms with Gasteiger partial charge in [-0.3, -0.25) is 4.98 Å². The summed E-state index contributed by atoms with van der Waals surface area (Å²) in [6, 6.07) is 52.2. The van der Waals surface area contributed by atoms with Crippen molar-refractivity contribution in [3.05, 3.63) is 174 Å². The van der Waals surface area contributed by atoms with Crippen LogP contribution in [-0.4, -0.2) is 27.6 Å². The second kappa shape index (κ2) is 20.2. The van der Waals surface area contributed by atoms with Gasteiger partial charge in [-0.15, -0.1) is 53.6 Å². The Balaban J connectivity index is 0.000000257. The minimum Gasteiger partial charge on any atom is -0.486 e. The Labute approximate surface area is 423 Å². The fraction of sp³-hybridized carbons (Fsp3) is 0.274. The largest absolute Gasteiger partial charge is 0.486 e. The van der Waals surface area contributed by atoms with Crippen LogP contribution in [0, 0.1) is 25.0 Å². The van der Waals surface area contributed by atoms with Crippen LogP contribution in [0.4, 0.5) is 0 Å². The van der Waals surface area contributed by atoms with Gasteiger partial charge >= 0.3 is 0 Å². The number of rotatable bonds is 10. The summed E-state index contributed by atoms with van der Waals surface area (Å²) in [6.45, 7) is 27.4. The summed E-state index contributed by atoms with van der Waals surface area (Å²) < 4.78 is 9.04. The van der Waals surface area contributed by atoms with Gasteiger partial charge in [-0.25, -0.2) is 4.98 Å². The van der Waals surface area contributed by atoms with E-state index in [-0.39, 0.29) is 31.9 Å². The number of imidazole rings is 1. The van der Waals surface area contributed by atoms with E-state index in [9.17, 15) is 0 Å². The zero-order valence-electron chi connectivity index (χ0n) is 42.2. The maximum Gasteiger partial charge on any atom is 0.216 e. The maximum absolute atomic E-state index is 6.67. The van der Waals surface area contributed by atoms with Crippen molar-refractivity contribution in [1.29, 1.82) is 0 Å². The monoisotopic (exact) mass is 1100 g/mol. The van der Waals surface area contributed by atoms with Crippen LogP contribution < -0.4 is 5.19 Å². The number of para-hydroxylation sites is 2. The van der Waals surface area contributed by atoms with Crippen LogP contribution in [-0.2, 0) is 26.5 Å². The molecule has 353 valence electrons.